The average molecular weight is 929 g/mol. The molecule has 0 aromatic carbocycles. The number of unbranched alkanes of at least 4 members (excludes halogenated alkanes) is 23. The van der Waals surface area contributed by atoms with E-state index in [9.17, 15) is 39.8 Å². The number of allylic oxidation sites excluding steroid dienone is 8. The van der Waals surface area contributed by atoms with Gasteiger partial charge >= 0.3 is 13.8 Å². The van der Waals surface area contributed by atoms with Gasteiger partial charge in [-0.15, -0.1) is 0 Å². The van der Waals surface area contributed by atoms with Crippen LogP contribution in [-0.4, -0.2) is 98.9 Å². The zero-order valence-electron chi connectivity index (χ0n) is 40.1. The summed E-state index contributed by atoms with van der Waals surface area (Å²) in [5.74, 6) is -0.490. The van der Waals surface area contributed by atoms with Gasteiger partial charge in [-0.2, -0.15) is 0 Å². The maximum atomic E-state index is 12.8. The lowest BCUT2D eigenvalue weighted by Gasteiger charge is -2.41. The predicted octanol–water partition coefficient (Wildman–Crippen LogP) is 11.2. The molecule has 1 fully saturated rings. The van der Waals surface area contributed by atoms with Gasteiger partial charge in [-0.1, -0.05) is 172 Å². The van der Waals surface area contributed by atoms with Crippen LogP contribution < -0.4 is 0 Å². The van der Waals surface area contributed by atoms with E-state index in [0.717, 1.165) is 70.6 Å². The van der Waals surface area contributed by atoms with Crippen LogP contribution in [-0.2, 0) is 27.9 Å². The summed E-state index contributed by atoms with van der Waals surface area (Å²) in [6, 6.07) is 0. The van der Waals surface area contributed by atoms with Crippen LogP contribution >= 0.6 is 7.82 Å². The van der Waals surface area contributed by atoms with Crippen LogP contribution in [0.3, 0.4) is 0 Å². The minimum absolute atomic E-state index is 0.0846. The van der Waals surface area contributed by atoms with Crippen LogP contribution in [0.1, 0.15) is 206 Å². The quantitative estimate of drug-likeness (QED) is 0.0147. The van der Waals surface area contributed by atoms with Crippen molar-refractivity contribution in [2.45, 2.75) is 249 Å². The van der Waals surface area contributed by atoms with E-state index in [1.165, 1.54) is 109 Å². The van der Waals surface area contributed by atoms with E-state index in [2.05, 4.69) is 62.5 Å². The smallest absolute Gasteiger partial charge is 0.457 e. The third kappa shape index (κ3) is 32.9. The molecule has 1 rings (SSSR count). The molecule has 1 saturated carbocycles. The lowest BCUT2D eigenvalue weighted by atomic mass is 9.85. The number of phosphoric ester groups is 1. The number of hydrogen-bond acceptors (Lipinski definition) is 11. The van der Waals surface area contributed by atoms with Crippen molar-refractivity contribution < 1.29 is 58.3 Å². The molecule has 64 heavy (non-hydrogen) atoms. The molecule has 0 aromatic heterocycles. The maximum Gasteiger partial charge on any atom is 0.472 e. The first-order valence-electron chi connectivity index (χ1n) is 25.5. The Labute approximate surface area is 388 Å². The Bertz CT molecular complexity index is 1240. The third-order valence-corrected chi connectivity index (χ3v) is 12.7. The molecule has 13 heteroatoms. The molecule has 6 atom stereocenters. The fourth-order valence-electron chi connectivity index (χ4n) is 7.59. The second-order valence-corrected chi connectivity index (χ2v) is 19.1. The van der Waals surface area contributed by atoms with Gasteiger partial charge in [0, 0.05) is 13.0 Å². The lowest BCUT2D eigenvalue weighted by Crippen LogP contribution is -2.64. The first-order chi connectivity index (χ1) is 31.0. The Morgan fingerprint density at radius 2 is 0.875 bits per heavy atom. The average Bonchev–Trinajstić information content (AvgIpc) is 3.28. The van der Waals surface area contributed by atoms with E-state index in [-0.39, 0.29) is 13.0 Å². The number of carbonyl (C=O) groups is 1. The molecule has 374 valence electrons. The Morgan fingerprint density at radius 3 is 1.38 bits per heavy atom. The summed E-state index contributed by atoms with van der Waals surface area (Å²) < 4.78 is 34.3. The fourth-order valence-corrected chi connectivity index (χ4v) is 8.57. The zero-order valence-corrected chi connectivity index (χ0v) is 41.0. The predicted molar refractivity (Wildman–Crippen MR) is 258 cm³/mol. The Hall–Kier alpha value is -1.70. The Kier molecular flexibility index (Phi) is 39.1. The van der Waals surface area contributed by atoms with Crippen LogP contribution in [0.25, 0.3) is 0 Å². The van der Waals surface area contributed by atoms with Gasteiger partial charge in [0.1, 0.15) is 42.7 Å². The number of esters is 1. The molecular formula is C51H93O12P. The second kappa shape index (κ2) is 41.5. The van der Waals surface area contributed by atoms with Crippen molar-refractivity contribution in [3.05, 3.63) is 48.6 Å². The molecule has 0 radical (unpaired) electrons. The van der Waals surface area contributed by atoms with Crippen LogP contribution in [0, 0.1) is 0 Å². The van der Waals surface area contributed by atoms with E-state index in [1.54, 1.807) is 0 Å². The van der Waals surface area contributed by atoms with Gasteiger partial charge in [0.2, 0.25) is 0 Å². The van der Waals surface area contributed by atoms with Gasteiger partial charge in [-0.25, -0.2) is 4.57 Å². The third-order valence-electron chi connectivity index (χ3n) is 11.7. The van der Waals surface area contributed by atoms with Crippen LogP contribution in [0.4, 0.5) is 0 Å². The molecule has 6 unspecified atom stereocenters. The van der Waals surface area contributed by atoms with Gasteiger partial charge in [0.05, 0.1) is 13.2 Å². The number of phosphoric acid groups is 1. The molecule has 1 aliphatic rings. The molecule has 1 aliphatic carbocycles. The second-order valence-electron chi connectivity index (χ2n) is 17.7. The number of aliphatic hydroxyl groups is 5. The van der Waals surface area contributed by atoms with Crippen molar-refractivity contribution in [3.8, 4) is 0 Å². The molecule has 0 heterocycles. The molecule has 0 amide bonds. The van der Waals surface area contributed by atoms with Crippen molar-refractivity contribution in [2.75, 3.05) is 19.8 Å². The largest absolute Gasteiger partial charge is 0.472 e. The topological polar surface area (TPSA) is 192 Å². The van der Waals surface area contributed by atoms with Crippen molar-refractivity contribution >= 4 is 13.8 Å². The number of ether oxygens (including phenoxy) is 2. The first kappa shape index (κ1) is 60.3. The van der Waals surface area contributed by atoms with E-state index in [0.29, 0.717) is 13.0 Å². The standard InChI is InChI=1S/C51H93O12P/c1-3-5-7-9-11-13-15-17-19-21-23-24-26-28-30-32-34-36-38-40-45(52)62-44(43-61-64(58,59)63-51-49(56)47(54)46(53)48(55)50(51)57)42-60-41-39-37-35-33-31-29-27-25-22-20-18-16-14-12-10-8-6-4-2/h11,13,17-20,23-24,44,46-51,53-57H,3-10,12,14-16,21-22,25-43H2,1-2H3,(H,58,59)/b13-11-,19-17-,20-18-,24-23-. The Morgan fingerprint density at radius 1 is 0.500 bits per heavy atom. The van der Waals surface area contributed by atoms with E-state index in [1.807, 2.05) is 0 Å². The zero-order chi connectivity index (χ0) is 46.9. The highest BCUT2D eigenvalue weighted by Gasteiger charge is 2.51. The molecule has 12 nitrogen and oxygen atoms in total. The summed E-state index contributed by atoms with van der Waals surface area (Å²) in [6.45, 7) is 4.22. The van der Waals surface area contributed by atoms with Gasteiger partial charge in [-0.3, -0.25) is 13.8 Å². The molecule has 0 bridgehead atoms. The monoisotopic (exact) mass is 929 g/mol. The minimum atomic E-state index is -5.03. The molecule has 0 aromatic rings. The van der Waals surface area contributed by atoms with Gasteiger partial charge in [0.25, 0.3) is 0 Å². The van der Waals surface area contributed by atoms with Crippen molar-refractivity contribution in [3.63, 3.8) is 0 Å². The summed E-state index contributed by atoms with van der Waals surface area (Å²) in [5.41, 5.74) is 0. The van der Waals surface area contributed by atoms with Crippen LogP contribution in [0.15, 0.2) is 48.6 Å². The lowest BCUT2D eigenvalue weighted by molar-refractivity contribution is -0.220. The first-order valence-corrected chi connectivity index (χ1v) is 27.0. The highest BCUT2D eigenvalue weighted by molar-refractivity contribution is 7.47. The van der Waals surface area contributed by atoms with Gasteiger partial charge in [0.15, 0.2) is 0 Å². The molecule has 6 N–H and O–H groups in total. The SMILES string of the molecule is CCCCC/C=C\C/C=C\C/C=C\CCCCCCCCC(=O)OC(COCCCCCCCCCC/C=C\CCCCCCCC)COP(=O)(O)OC1C(O)C(O)C(O)C(O)C1O. The van der Waals surface area contributed by atoms with Gasteiger partial charge < -0.3 is 39.9 Å². The highest BCUT2D eigenvalue weighted by atomic mass is 31.2. The van der Waals surface area contributed by atoms with Crippen molar-refractivity contribution in [2.24, 2.45) is 0 Å². The van der Waals surface area contributed by atoms with E-state index in [4.69, 9.17) is 18.5 Å². The number of hydrogen-bond donors (Lipinski definition) is 6. The molecular weight excluding hydrogens is 836 g/mol. The van der Waals surface area contributed by atoms with Crippen molar-refractivity contribution in [1.29, 1.82) is 0 Å². The number of rotatable bonds is 43. The number of carbonyl (C=O) groups excluding carboxylic acids is 1. The summed E-state index contributed by atoms with van der Waals surface area (Å²) in [7, 11) is -5.03. The van der Waals surface area contributed by atoms with Crippen LogP contribution in [0.2, 0.25) is 0 Å². The normalized spacial score (nSPS) is 22.1. The summed E-state index contributed by atoms with van der Waals surface area (Å²) in [6.07, 6.45) is 38.8. The number of aliphatic hydroxyl groups excluding tert-OH is 5. The van der Waals surface area contributed by atoms with Gasteiger partial charge in [-0.05, 0) is 77.0 Å². The maximum absolute atomic E-state index is 12.8. The minimum Gasteiger partial charge on any atom is -0.457 e. The highest BCUT2D eigenvalue weighted by Crippen LogP contribution is 2.47. The Balaban J connectivity index is 2.37. The molecule has 0 aliphatic heterocycles. The molecule has 0 spiro atoms. The summed E-state index contributed by atoms with van der Waals surface area (Å²) in [5, 5.41) is 50.3. The fraction of sp³-hybridized carbons (Fsp3) is 0.824. The van der Waals surface area contributed by atoms with E-state index < -0.39 is 63.1 Å². The van der Waals surface area contributed by atoms with Crippen molar-refractivity contribution in [1.82, 2.24) is 0 Å². The molecule has 0 saturated heterocycles. The summed E-state index contributed by atoms with van der Waals surface area (Å²) in [4.78, 5) is 23.2. The summed E-state index contributed by atoms with van der Waals surface area (Å²) >= 11 is 0. The van der Waals surface area contributed by atoms with Crippen LogP contribution in [0.5, 0.6) is 0 Å². The van der Waals surface area contributed by atoms with E-state index >= 15 is 0 Å².